The largest absolute Gasteiger partial charge is 0.480 e. The van der Waals surface area contributed by atoms with E-state index in [1.54, 1.807) is 30.0 Å². The van der Waals surface area contributed by atoms with Crippen molar-refractivity contribution in [1.29, 1.82) is 0 Å². The van der Waals surface area contributed by atoms with Gasteiger partial charge in [-0.05, 0) is 46.7 Å². The molecule has 9 heteroatoms. The van der Waals surface area contributed by atoms with Gasteiger partial charge in [-0.1, -0.05) is 88.7 Å². The van der Waals surface area contributed by atoms with Crippen LogP contribution in [0, 0.1) is 5.92 Å². The Morgan fingerprint density at radius 1 is 0.977 bits per heavy atom. The van der Waals surface area contributed by atoms with Gasteiger partial charge in [0.2, 0.25) is 0 Å². The van der Waals surface area contributed by atoms with Gasteiger partial charge in [0, 0.05) is 23.0 Å². The molecule has 4 amide bonds. The minimum absolute atomic E-state index is 0.0606. The van der Waals surface area contributed by atoms with Gasteiger partial charge < -0.3 is 15.4 Å². The summed E-state index contributed by atoms with van der Waals surface area (Å²) in [7, 11) is 0. The number of hydrogen-bond acceptors (Lipinski definition) is 4. The quantitative estimate of drug-likeness (QED) is 0.217. The lowest BCUT2D eigenvalue weighted by molar-refractivity contribution is -0.140. The SMILES string of the molecule is CC[C@H](C)[C@H](NC(=O)c1ccccc1N1C(=O)[C@@H]2Cc3c([nH]c4ccccc34)[C@@H](c3ccc(C(C)C)cc3)N2C1=O)C(=O)O. The lowest BCUT2D eigenvalue weighted by atomic mass is 9.88. The first-order valence-corrected chi connectivity index (χ1v) is 15.1. The zero-order valence-electron chi connectivity index (χ0n) is 25.2. The molecule has 3 aromatic carbocycles. The number of benzene rings is 3. The number of carboxylic acids is 1. The summed E-state index contributed by atoms with van der Waals surface area (Å²) >= 11 is 0. The molecule has 0 spiro atoms. The molecule has 1 fully saturated rings. The number of para-hydroxylation sites is 2. The molecule has 3 N–H and O–H groups in total. The van der Waals surface area contributed by atoms with Crippen LogP contribution in [0.5, 0.6) is 0 Å². The van der Waals surface area contributed by atoms with Crippen molar-refractivity contribution >= 4 is 40.4 Å². The number of carbonyl (C=O) groups is 4. The van der Waals surface area contributed by atoms with Crippen LogP contribution < -0.4 is 10.2 Å². The number of aromatic amines is 1. The van der Waals surface area contributed by atoms with Crippen molar-refractivity contribution in [3.8, 4) is 0 Å². The highest BCUT2D eigenvalue weighted by atomic mass is 16.4. The van der Waals surface area contributed by atoms with Gasteiger partial charge in [-0.25, -0.2) is 14.5 Å². The van der Waals surface area contributed by atoms with E-state index in [9.17, 15) is 24.3 Å². The maximum absolute atomic E-state index is 14.4. The van der Waals surface area contributed by atoms with Crippen LogP contribution in [0.15, 0.2) is 72.8 Å². The Morgan fingerprint density at radius 2 is 1.66 bits per heavy atom. The second-order valence-corrected chi connectivity index (χ2v) is 12.1. The summed E-state index contributed by atoms with van der Waals surface area (Å²) < 4.78 is 0. The van der Waals surface area contributed by atoms with E-state index in [2.05, 4.69) is 36.3 Å². The first-order chi connectivity index (χ1) is 21.1. The molecule has 0 bridgehead atoms. The highest BCUT2D eigenvalue weighted by Gasteiger charge is 2.53. The molecule has 1 aromatic heterocycles. The molecular weight excluding hydrogens is 556 g/mol. The molecule has 0 radical (unpaired) electrons. The molecule has 0 unspecified atom stereocenters. The van der Waals surface area contributed by atoms with E-state index < -0.39 is 41.9 Å². The van der Waals surface area contributed by atoms with Gasteiger partial charge in [0.05, 0.1) is 11.3 Å². The standard InChI is InChI=1S/C35H36N4O5/c1-5-20(4)29(34(42)43)37-32(40)24-11-7-9-13-27(24)39-33(41)28-18-25-23-10-6-8-12-26(23)36-30(25)31(38(28)35(39)44)22-16-14-21(15-17-22)19(2)3/h6-17,19-20,28-29,31,36H,5,18H2,1-4H3,(H,37,40)(H,42,43)/t20-,28-,29-,31+/m0/s1. The van der Waals surface area contributed by atoms with Gasteiger partial charge in [-0.15, -0.1) is 0 Å². The Hall–Kier alpha value is -4.92. The highest BCUT2D eigenvalue weighted by Crippen LogP contribution is 2.45. The molecule has 4 atom stereocenters. The third kappa shape index (κ3) is 4.72. The minimum atomic E-state index is -1.14. The summed E-state index contributed by atoms with van der Waals surface area (Å²) in [5.74, 6) is -2.21. The van der Waals surface area contributed by atoms with Crippen molar-refractivity contribution in [3.05, 3.63) is 101 Å². The molecule has 0 aliphatic carbocycles. The summed E-state index contributed by atoms with van der Waals surface area (Å²) in [6, 6.07) is 19.4. The van der Waals surface area contributed by atoms with Crippen LogP contribution in [-0.4, -0.2) is 50.9 Å². The number of nitrogens with zero attached hydrogens (tertiary/aromatic N) is 2. The summed E-state index contributed by atoms with van der Waals surface area (Å²) in [4.78, 5) is 60.3. The van der Waals surface area contributed by atoms with E-state index in [1.165, 1.54) is 11.6 Å². The first kappa shape index (κ1) is 29.2. The molecule has 6 rings (SSSR count). The van der Waals surface area contributed by atoms with Gasteiger partial charge in [-0.2, -0.15) is 0 Å². The van der Waals surface area contributed by atoms with Gasteiger partial charge in [0.1, 0.15) is 18.1 Å². The van der Waals surface area contributed by atoms with Crippen molar-refractivity contribution in [1.82, 2.24) is 15.2 Å². The molecule has 2 aliphatic heterocycles. The highest BCUT2D eigenvalue weighted by molar-refractivity contribution is 6.24. The predicted octanol–water partition coefficient (Wildman–Crippen LogP) is 6.00. The van der Waals surface area contributed by atoms with E-state index in [0.29, 0.717) is 18.8 Å². The second-order valence-electron chi connectivity index (χ2n) is 12.1. The number of amides is 4. The number of aromatic nitrogens is 1. The Morgan fingerprint density at radius 3 is 2.34 bits per heavy atom. The summed E-state index contributed by atoms with van der Waals surface area (Å²) in [5, 5.41) is 13.4. The number of urea groups is 1. The molecule has 9 nitrogen and oxygen atoms in total. The summed E-state index contributed by atoms with van der Waals surface area (Å²) in [5.41, 5.74) is 5.03. The normalized spacial score (nSPS) is 19.2. The molecular formula is C35H36N4O5. The zero-order valence-corrected chi connectivity index (χ0v) is 25.2. The predicted molar refractivity (Wildman–Crippen MR) is 168 cm³/mol. The van der Waals surface area contributed by atoms with Crippen molar-refractivity contribution in [2.75, 3.05) is 4.90 Å². The fourth-order valence-electron chi connectivity index (χ4n) is 6.47. The van der Waals surface area contributed by atoms with Gasteiger partial charge >= 0.3 is 12.0 Å². The van der Waals surface area contributed by atoms with Crippen molar-refractivity contribution < 1.29 is 24.3 Å². The van der Waals surface area contributed by atoms with Crippen LogP contribution in [0.3, 0.4) is 0 Å². The number of anilines is 1. The van der Waals surface area contributed by atoms with E-state index in [-0.39, 0.29) is 17.2 Å². The van der Waals surface area contributed by atoms with Gasteiger partial charge in [-0.3, -0.25) is 14.5 Å². The molecule has 44 heavy (non-hydrogen) atoms. The van der Waals surface area contributed by atoms with Crippen LogP contribution in [0.2, 0.25) is 0 Å². The molecule has 3 heterocycles. The molecule has 1 saturated heterocycles. The lowest BCUT2D eigenvalue weighted by Gasteiger charge is -2.36. The first-order valence-electron chi connectivity index (χ1n) is 15.1. The average molecular weight is 593 g/mol. The van der Waals surface area contributed by atoms with Crippen LogP contribution in [-0.2, 0) is 16.0 Å². The van der Waals surface area contributed by atoms with Crippen LogP contribution in [0.25, 0.3) is 10.9 Å². The number of nitrogens with one attached hydrogen (secondary N) is 2. The monoisotopic (exact) mass is 592 g/mol. The Bertz CT molecular complexity index is 1780. The molecule has 2 aliphatic rings. The Labute approximate surface area is 255 Å². The minimum Gasteiger partial charge on any atom is -0.480 e. The van der Waals surface area contributed by atoms with Gasteiger partial charge in [0.15, 0.2) is 0 Å². The van der Waals surface area contributed by atoms with Crippen molar-refractivity contribution in [2.24, 2.45) is 5.92 Å². The number of H-pyrrole nitrogens is 1. The molecule has 4 aromatic rings. The van der Waals surface area contributed by atoms with Crippen molar-refractivity contribution in [2.45, 2.75) is 64.6 Å². The van der Waals surface area contributed by atoms with Crippen LogP contribution in [0.4, 0.5) is 10.5 Å². The maximum atomic E-state index is 14.4. The molecule has 0 saturated carbocycles. The topological polar surface area (TPSA) is 123 Å². The smallest absolute Gasteiger partial charge is 0.332 e. The van der Waals surface area contributed by atoms with Crippen LogP contribution in [0.1, 0.15) is 78.8 Å². The van der Waals surface area contributed by atoms with Gasteiger partial charge in [0.25, 0.3) is 11.8 Å². The Balaban J connectivity index is 1.43. The summed E-state index contributed by atoms with van der Waals surface area (Å²) in [6.45, 7) is 7.85. The summed E-state index contributed by atoms with van der Waals surface area (Å²) in [6.07, 6.45) is 0.872. The number of imide groups is 1. The van der Waals surface area contributed by atoms with E-state index in [4.69, 9.17) is 0 Å². The number of aliphatic carboxylic acids is 1. The van der Waals surface area contributed by atoms with E-state index in [0.717, 1.165) is 32.6 Å². The number of fused-ring (bicyclic) bond motifs is 4. The molecule has 226 valence electrons. The van der Waals surface area contributed by atoms with E-state index >= 15 is 0 Å². The fraction of sp³-hybridized carbons (Fsp3) is 0.314. The second kappa shape index (κ2) is 11.3. The van der Waals surface area contributed by atoms with E-state index in [1.807, 2.05) is 43.3 Å². The lowest BCUT2D eigenvalue weighted by Crippen LogP contribution is -2.45. The number of hydrogen-bond donors (Lipinski definition) is 3. The third-order valence-electron chi connectivity index (χ3n) is 9.12. The fourth-order valence-corrected chi connectivity index (χ4v) is 6.47. The maximum Gasteiger partial charge on any atom is 0.332 e. The van der Waals surface area contributed by atoms with Crippen LogP contribution >= 0.6 is 0 Å². The number of rotatable bonds is 8. The average Bonchev–Trinajstić information content (AvgIpc) is 3.52. The number of carboxylic acid groups (broad SMARTS) is 1. The Kier molecular flexibility index (Phi) is 7.49. The zero-order chi connectivity index (χ0) is 31.3. The number of carbonyl (C=O) groups excluding carboxylic acids is 3. The van der Waals surface area contributed by atoms with Crippen molar-refractivity contribution in [3.63, 3.8) is 0 Å². The third-order valence-corrected chi connectivity index (χ3v) is 9.12.